The minimum absolute atomic E-state index is 0.114. The molecule has 0 aliphatic rings. The van der Waals surface area contributed by atoms with Gasteiger partial charge in [-0.2, -0.15) is 8.78 Å². The first-order chi connectivity index (χ1) is 19.1. The summed E-state index contributed by atoms with van der Waals surface area (Å²) in [5, 5.41) is 2.05. The van der Waals surface area contributed by atoms with E-state index in [2.05, 4.69) is 34.2 Å². The van der Waals surface area contributed by atoms with Gasteiger partial charge in [-0.05, 0) is 73.2 Å². The van der Waals surface area contributed by atoms with Crippen LogP contribution >= 0.6 is 8.03 Å². The Balaban J connectivity index is 1.23. The molecule has 2 heterocycles. The van der Waals surface area contributed by atoms with Crippen molar-refractivity contribution < 1.29 is 32.4 Å². The highest BCUT2D eigenvalue weighted by atomic mass is 31.1. The quantitative estimate of drug-likeness (QED) is 0.113. The SMILES string of the molecule is Cc1ccc2c(c1)nc(N)c1ncc(CCc3ccc(OCCOCCOCCC(F)(F)[PH](=O)O)cc3C)cc12. The second-order valence-electron chi connectivity index (χ2n) is 9.68. The molecule has 0 saturated heterocycles. The number of alkyl halides is 2. The molecule has 0 spiro atoms. The molecule has 0 fully saturated rings. The third-order valence-electron chi connectivity index (χ3n) is 6.61. The van der Waals surface area contributed by atoms with Crippen LogP contribution in [0.5, 0.6) is 5.75 Å². The molecule has 8 nitrogen and oxygen atoms in total. The number of aromatic nitrogens is 2. The summed E-state index contributed by atoms with van der Waals surface area (Å²) in [6.07, 6.45) is 2.75. The number of nitrogen functional groups attached to an aromatic ring is 1. The molecule has 0 radical (unpaired) electrons. The Morgan fingerprint density at radius 1 is 0.950 bits per heavy atom. The Bertz CT molecular complexity index is 1500. The second-order valence-corrected chi connectivity index (χ2v) is 11.0. The fourth-order valence-electron chi connectivity index (χ4n) is 4.36. The lowest BCUT2D eigenvalue weighted by Crippen LogP contribution is -2.16. The summed E-state index contributed by atoms with van der Waals surface area (Å²) in [6.45, 7) is 4.74. The van der Waals surface area contributed by atoms with E-state index in [4.69, 9.17) is 24.8 Å². The molecule has 0 aliphatic heterocycles. The maximum Gasteiger partial charge on any atom is 0.321 e. The largest absolute Gasteiger partial charge is 0.491 e. The molecule has 0 bridgehead atoms. The van der Waals surface area contributed by atoms with Gasteiger partial charge >= 0.3 is 5.66 Å². The van der Waals surface area contributed by atoms with Gasteiger partial charge in [0.05, 0.1) is 31.9 Å². The molecule has 2 aromatic carbocycles. The molecule has 0 amide bonds. The summed E-state index contributed by atoms with van der Waals surface area (Å²) in [5.41, 5.74) is 8.77. The van der Waals surface area contributed by atoms with Gasteiger partial charge in [0, 0.05) is 23.4 Å². The fraction of sp³-hybridized carbons (Fsp3) is 0.379. The average Bonchev–Trinajstić information content (AvgIpc) is 2.91. The molecule has 214 valence electrons. The zero-order valence-corrected chi connectivity index (χ0v) is 23.6. The maximum atomic E-state index is 13.0. The first-order valence-corrected chi connectivity index (χ1v) is 14.4. The molecule has 3 N–H and O–H groups in total. The Hall–Kier alpha value is -3.17. The number of nitrogens with zero attached hydrogens (tertiary/aromatic N) is 2. The summed E-state index contributed by atoms with van der Waals surface area (Å²) < 4.78 is 52.8. The molecule has 0 aliphatic carbocycles. The number of hydrogen-bond donors (Lipinski definition) is 2. The van der Waals surface area contributed by atoms with Crippen molar-refractivity contribution in [3.63, 3.8) is 0 Å². The van der Waals surface area contributed by atoms with Crippen LogP contribution < -0.4 is 10.5 Å². The molecule has 40 heavy (non-hydrogen) atoms. The fourth-order valence-corrected chi connectivity index (χ4v) is 4.68. The topological polar surface area (TPSA) is 117 Å². The van der Waals surface area contributed by atoms with Crippen LogP contribution in [0.1, 0.15) is 28.7 Å². The lowest BCUT2D eigenvalue weighted by atomic mass is 9.99. The highest BCUT2D eigenvalue weighted by molar-refractivity contribution is 7.39. The van der Waals surface area contributed by atoms with E-state index >= 15 is 0 Å². The maximum absolute atomic E-state index is 13.0. The van der Waals surface area contributed by atoms with Gasteiger partial charge in [-0.25, -0.2) is 4.98 Å². The van der Waals surface area contributed by atoms with E-state index in [0.717, 1.165) is 57.1 Å². The molecule has 1 atom stereocenters. The van der Waals surface area contributed by atoms with E-state index in [1.165, 1.54) is 5.56 Å². The third kappa shape index (κ3) is 7.73. The molecular weight excluding hydrogens is 539 g/mol. The highest BCUT2D eigenvalue weighted by Crippen LogP contribution is 2.41. The smallest absolute Gasteiger partial charge is 0.321 e. The zero-order chi connectivity index (χ0) is 28.7. The Morgan fingerprint density at radius 2 is 1.70 bits per heavy atom. The number of benzene rings is 2. The number of pyridine rings is 2. The predicted molar refractivity (Wildman–Crippen MR) is 153 cm³/mol. The molecule has 11 heteroatoms. The van der Waals surface area contributed by atoms with Crippen molar-refractivity contribution in [3.05, 3.63) is 70.9 Å². The summed E-state index contributed by atoms with van der Waals surface area (Å²) >= 11 is 0. The highest BCUT2D eigenvalue weighted by Gasteiger charge is 2.34. The van der Waals surface area contributed by atoms with Crippen LogP contribution in [0, 0.1) is 13.8 Å². The molecule has 1 unspecified atom stereocenters. The molecular formula is C29H34F2N3O5P. The number of fused-ring (bicyclic) bond motifs is 3. The van der Waals surface area contributed by atoms with E-state index in [0.29, 0.717) is 19.0 Å². The molecule has 2 aromatic heterocycles. The van der Waals surface area contributed by atoms with Crippen molar-refractivity contribution in [1.82, 2.24) is 9.97 Å². The van der Waals surface area contributed by atoms with Gasteiger partial charge in [-0.15, -0.1) is 0 Å². The normalized spacial score (nSPS) is 12.7. The number of hydrogen-bond acceptors (Lipinski definition) is 7. The van der Waals surface area contributed by atoms with Crippen molar-refractivity contribution in [1.29, 1.82) is 0 Å². The van der Waals surface area contributed by atoms with Crippen molar-refractivity contribution in [3.8, 4) is 5.75 Å². The van der Waals surface area contributed by atoms with Crippen LogP contribution in [-0.2, 0) is 26.9 Å². The summed E-state index contributed by atoms with van der Waals surface area (Å²) in [4.78, 5) is 17.7. The van der Waals surface area contributed by atoms with Crippen LogP contribution in [0.4, 0.5) is 14.6 Å². The van der Waals surface area contributed by atoms with Gasteiger partial charge in [0.2, 0.25) is 0 Å². The average molecular weight is 574 g/mol. The zero-order valence-electron chi connectivity index (χ0n) is 22.6. The third-order valence-corrected chi connectivity index (χ3v) is 7.49. The minimum Gasteiger partial charge on any atom is -0.491 e. The van der Waals surface area contributed by atoms with Crippen LogP contribution in [0.25, 0.3) is 21.8 Å². The van der Waals surface area contributed by atoms with Gasteiger partial charge in [-0.3, -0.25) is 9.55 Å². The lowest BCUT2D eigenvalue weighted by molar-refractivity contribution is 0.00426. The van der Waals surface area contributed by atoms with Gasteiger partial charge in [-0.1, -0.05) is 18.2 Å². The Kier molecular flexibility index (Phi) is 10.0. The van der Waals surface area contributed by atoms with Crippen molar-refractivity contribution in [2.45, 2.75) is 38.8 Å². The van der Waals surface area contributed by atoms with Crippen LogP contribution in [0.2, 0.25) is 0 Å². The number of anilines is 1. The van der Waals surface area contributed by atoms with Gasteiger partial charge in [0.1, 0.15) is 17.9 Å². The number of aryl methyl sites for hydroxylation is 4. The van der Waals surface area contributed by atoms with Crippen LogP contribution in [0.3, 0.4) is 0 Å². The van der Waals surface area contributed by atoms with Gasteiger partial charge in [0.15, 0.2) is 5.82 Å². The van der Waals surface area contributed by atoms with Crippen molar-refractivity contribution in [2.75, 3.05) is 38.8 Å². The number of nitrogens with two attached hydrogens (primary N) is 1. The van der Waals surface area contributed by atoms with E-state index in [1.54, 1.807) is 0 Å². The Morgan fingerprint density at radius 3 is 2.45 bits per heavy atom. The van der Waals surface area contributed by atoms with E-state index in [-0.39, 0.29) is 19.8 Å². The standard InChI is InChI=1S/C29H34F2N3O5P/c1-19-3-8-24-25-17-21(18-33-27(25)28(32)34-26(24)15-19)4-5-22-6-7-23(16-20(22)2)39-14-13-38-12-11-37-10-9-29(30,31)40(35)36/h3,6-8,15-18,40H,4-5,9-14H2,1-2H3,(H2,32,34)(H,35,36). The lowest BCUT2D eigenvalue weighted by Gasteiger charge is -2.13. The number of halogens is 2. The summed E-state index contributed by atoms with van der Waals surface area (Å²) in [5.74, 6) is 1.17. The minimum atomic E-state index is -3.90. The van der Waals surface area contributed by atoms with E-state index in [9.17, 15) is 13.3 Å². The second kappa shape index (κ2) is 13.5. The van der Waals surface area contributed by atoms with E-state index < -0.39 is 20.1 Å². The van der Waals surface area contributed by atoms with Crippen LogP contribution in [-0.4, -0.2) is 53.6 Å². The molecule has 4 aromatic rings. The number of rotatable bonds is 14. The summed E-state index contributed by atoms with van der Waals surface area (Å²) in [6, 6.07) is 14.3. The van der Waals surface area contributed by atoms with Crippen LogP contribution in [0.15, 0.2) is 48.7 Å². The van der Waals surface area contributed by atoms with Crippen molar-refractivity contribution >= 4 is 35.7 Å². The monoisotopic (exact) mass is 573 g/mol. The molecule has 4 rings (SSSR count). The summed E-state index contributed by atoms with van der Waals surface area (Å²) in [7, 11) is -3.90. The Labute approximate surface area is 232 Å². The first-order valence-electron chi connectivity index (χ1n) is 13.1. The first kappa shape index (κ1) is 29.8. The van der Waals surface area contributed by atoms with Gasteiger partial charge in [0.25, 0.3) is 8.03 Å². The predicted octanol–water partition coefficient (Wildman–Crippen LogP) is 5.63. The van der Waals surface area contributed by atoms with E-state index in [1.807, 2.05) is 38.2 Å². The molecule has 0 saturated carbocycles. The van der Waals surface area contributed by atoms with Gasteiger partial charge < -0.3 is 24.8 Å². The number of ether oxygens (including phenoxy) is 3. The van der Waals surface area contributed by atoms with Crippen molar-refractivity contribution in [2.24, 2.45) is 0 Å².